The highest BCUT2D eigenvalue weighted by molar-refractivity contribution is 6.10. The highest BCUT2D eigenvalue weighted by Crippen LogP contribution is 2.28. The summed E-state index contributed by atoms with van der Waals surface area (Å²) in [4.78, 5) is 48.6. The molecule has 0 radical (unpaired) electrons. The molecular weight excluding hydrogens is 1000 g/mol. The molecule has 0 saturated heterocycles. The number of esters is 2. The molecule has 0 saturated carbocycles. The fourth-order valence-electron chi connectivity index (χ4n) is 9.27. The number of hydrogen-bond donors (Lipinski definition) is 2. The minimum absolute atomic E-state index is 0.138. The van der Waals surface area contributed by atoms with Crippen molar-refractivity contribution in [3.63, 3.8) is 0 Å². The van der Waals surface area contributed by atoms with Gasteiger partial charge in [-0.2, -0.15) is 0 Å². The predicted octanol–water partition coefficient (Wildman–Crippen LogP) is 18.4. The number of ether oxygens (including phenoxy) is 4. The maximum Gasteiger partial charge on any atom is 0.343 e. The van der Waals surface area contributed by atoms with Gasteiger partial charge in [0.05, 0.1) is 35.7 Å². The summed E-state index contributed by atoms with van der Waals surface area (Å²) < 4.78 is 22.9. The second-order valence-corrected chi connectivity index (χ2v) is 20.7. The van der Waals surface area contributed by atoms with Crippen molar-refractivity contribution in [2.75, 3.05) is 13.2 Å². The molecule has 424 valence electrons. The van der Waals surface area contributed by atoms with Crippen LogP contribution >= 0.6 is 0 Å². The fourth-order valence-corrected chi connectivity index (χ4v) is 9.27. The highest BCUT2D eigenvalue weighted by Gasteiger charge is 2.14. The lowest BCUT2D eigenvalue weighted by Crippen LogP contribution is -2.08. The normalized spacial score (nSPS) is 11.3. The van der Waals surface area contributed by atoms with Crippen LogP contribution in [-0.2, 0) is 0 Å². The molecule has 80 heavy (non-hydrogen) atoms. The van der Waals surface area contributed by atoms with Crippen molar-refractivity contribution in [2.45, 2.75) is 168 Å². The van der Waals surface area contributed by atoms with Crippen molar-refractivity contribution in [2.24, 2.45) is 9.98 Å². The van der Waals surface area contributed by atoms with Crippen molar-refractivity contribution in [3.8, 4) is 34.5 Å². The molecule has 6 aromatic rings. The maximum absolute atomic E-state index is 13.7. The van der Waals surface area contributed by atoms with E-state index >= 15 is 0 Å². The quantitative estimate of drug-likeness (QED) is 0.0127. The molecule has 0 aliphatic heterocycles. The molecule has 0 amide bonds. The Morgan fingerprint density at radius 3 is 1.04 bits per heavy atom. The third-order valence-electron chi connectivity index (χ3n) is 14.1. The smallest absolute Gasteiger partial charge is 0.343 e. The van der Waals surface area contributed by atoms with Gasteiger partial charge in [-0.15, -0.1) is 0 Å². The Bertz CT molecular complexity index is 2660. The van der Waals surface area contributed by atoms with Gasteiger partial charge in [0.1, 0.15) is 34.5 Å². The summed E-state index contributed by atoms with van der Waals surface area (Å²) in [6.45, 7) is 5.78. The number of carbonyl (C=O) groups excluding carboxylic acids is 3. The third kappa shape index (κ3) is 22.7. The van der Waals surface area contributed by atoms with Crippen LogP contribution in [-0.4, -0.2) is 53.6 Å². The maximum atomic E-state index is 13.7. The van der Waals surface area contributed by atoms with E-state index < -0.39 is 11.9 Å². The number of rotatable bonds is 38. The van der Waals surface area contributed by atoms with Gasteiger partial charge in [-0.3, -0.25) is 14.8 Å². The number of carbonyl (C=O) groups is 3. The van der Waals surface area contributed by atoms with Crippen LogP contribution in [0.2, 0.25) is 0 Å². The molecule has 0 fully saturated rings. The highest BCUT2D eigenvalue weighted by atomic mass is 16.5. The van der Waals surface area contributed by atoms with E-state index in [4.69, 9.17) is 18.9 Å². The lowest BCUT2D eigenvalue weighted by molar-refractivity contribution is 0.0724. The minimum atomic E-state index is -0.564. The summed E-state index contributed by atoms with van der Waals surface area (Å²) in [5, 5.41) is 21.6. The van der Waals surface area contributed by atoms with Crippen LogP contribution in [0.3, 0.4) is 0 Å². The molecule has 11 heteroatoms. The second kappa shape index (κ2) is 35.9. The Labute approximate surface area is 475 Å². The predicted molar refractivity (Wildman–Crippen MR) is 323 cm³/mol. The molecule has 6 aromatic carbocycles. The topological polar surface area (TPSA) is 153 Å². The monoisotopic (exact) mass is 1080 g/mol. The van der Waals surface area contributed by atoms with E-state index in [9.17, 15) is 24.6 Å². The van der Waals surface area contributed by atoms with Crippen molar-refractivity contribution in [1.82, 2.24) is 0 Å². The summed E-state index contributed by atoms with van der Waals surface area (Å²) >= 11 is 0. The second-order valence-electron chi connectivity index (χ2n) is 20.7. The van der Waals surface area contributed by atoms with E-state index in [1.807, 2.05) is 0 Å². The largest absolute Gasteiger partial charge is 0.507 e. The molecule has 0 heterocycles. The summed E-state index contributed by atoms with van der Waals surface area (Å²) in [5.74, 6) is 0.0874. The first-order valence-corrected chi connectivity index (χ1v) is 29.6. The number of nitrogens with zero attached hydrogens (tertiary/aromatic N) is 2. The van der Waals surface area contributed by atoms with Crippen LogP contribution in [0.25, 0.3) is 0 Å². The Morgan fingerprint density at radius 2 is 0.700 bits per heavy atom. The number of hydrogen-bond acceptors (Lipinski definition) is 11. The zero-order valence-corrected chi connectivity index (χ0v) is 47.4. The van der Waals surface area contributed by atoms with Crippen LogP contribution in [0.5, 0.6) is 34.5 Å². The number of aliphatic imine (C=N–C) groups is 2. The standard InChI is InChI=1S/C69H84N2O9/c1-3-5-7-9-11-13-15-17-19-21-23-25-45-77-61-39-33-53(34-40-61)68(75)79-63-43-37-57(65(72)49-63)51-70-59-31-27-29-55(47-59)67(74)56-30-28-32-60(48-56)71-52-58-38-44-64(50-66(58)73)80-69(76)54-35-41-62(42-36-54)78-46-26-24-22-20-18-16-14-12-10-8-6-4-2/h27-44,47-52,72-73H,3-26,45-46H2,1-2H3. The fraction of sp³-hybridized carbons (Fsp3) is 0.406. The zero-order valence-electron chi connectivity index (χ0n) is 47.4. The Balaban J connectivity index is 0.896. The molecular formula is C69H84N2O9. The van der Waals surface area contributed by atoms with E-state index in [2.05, 4.69) is 23.8 Å². The van der Waals surface area contributed by atoms with Crippen LogP contribution < -0.4 is 18.9 Å². The number of phenols is 2. The van der Waals surface area contributed by atoms with Crippen LogP contribution in [0.1, 0.15) is 216 Å². The van der Waals surface area contributed by atoms with E-state index in [1.54, 1.807) is 121 Å². The van der Waals surface area contributed by atoms with Gasteiger partial charge < -0.3 is 29.2 Å². The SMILES string of the molecule is CCCCCCCCCCCCCCOc1ccc(C(=O)Oc2ccc(C=Nc3cccc(C(=O)c4cccc(N=Cc5ccc(OC(=O)c6ccc(OCCCCCCCCCCCCCC)cc6)cc5O)c4)c3)c(O)c2)cc1. The van der Waals surface area contributed by atoms with Crippen molar-refractivity contribution in [3.05, 3.63) is 167 Å². The summed E-state index contributed by atoms with van der Waals surface area (Å²) in [6.07, 6.45) is 33.8. The molecule has 0 aliphatic rings. The van der Waals surface area contributed by atoms with Crippen molar-refractivity contribution >= 4 is 41.5 Å². The Morgan fingerprint density at radius 1 is 0.375 bits per heavy atom. The number of phenolic OH excluding ortho intramolecular Hbond substituents is 2. The molecule has 0 bridgehead atoms. The molecule has 0 spiro atoms. The van der Waals surface area contributed by atoms with Gasteiger partial charge >= 0.3 is 11.9 Å². The zero-order chi connectivity index (χ0) is 56.4. The average molecular weight is 1090 g/mol. The Kier molecular flexibility index (Phi) is 27.7. The molecule has 2 N–H and O–H groups in total. The van der Waals surface area contributed by atoms with E-state index in [0.717, 1.165) is 25.7 Å². The molecule has 11 nitrogen and oxygen atoms in total. The summed E-state index contributed by atoms with van der Waals surface area (Å²) in [7, 11) is 0. The van der Waals surface area contributed by atoms with Crippen LogP contribution in [0, 0.1) is 0 Å². The number of ketones is 1. The van der Waals surface area contributed by atoms with Gasteiger partial charge in [0.15, 0.2) is 5.78 Å². The first kappa shape index (κ1) is 61.7. The number of benzene rings is 6. The van der Waals surface area contributed by atoms with Crippen LogP contribution in [0.4, 0.5) is 11.4 Å². The van der Waals surface area contributed by atoms with Crippen LogP contribution in [0.15, 0.2) is 143 Å². The first-order valence-electron chi connectivity index (χ1n) is 29.6. The molecule has 0 aliphatic carbocycles. The van der Waals surface area contributed by atoms with Gasteiger partial charge in [0.2, 0.25) is 0 Å². The lowest BCUT2D eigenvalue weighted by Gasteiger charge is -2.09. The molecule has 0 aromatic heterocycles. The van der Waals surface area contributed by atoms with Gasteiger partial charge in [-0.25, -0.2) is 9.59 Å². The first-order chi connectivity index (χ1) is 39.2. The lowest BCUT2D eigenvalue weighted by atomic mass is 10.0. The van der Waals surface area contributed by atoms with Gasteiger partial charge in [-0.05, 0) is 110 Å². The Hall–Kier alpha value is -7.53. The summed E-state index contributed by atoms with van der Waals surface area (Å²) in [5.41, 5.74) is 3.23. The molecule has 6 rings (SSSR count). The van der Waals surface area contributed by atoms with Gasteiger partial charge in [0.25, 0.3) is 0 Å². The molecule has 0 atom stereocenters. The van der Waals surface area contributed by atoms with Crippen molar-refractivity contribution in [1.29, 1.82) is 0 Å². The van der Waals surface area contributed by atoms with E-state index in [1.165, 1.54) is 153 Å². The van der Waals surface area contributed by atoms with Crippen molar-refractivity contribution < 1.29 is 43.5 Å². The summed E-state index contributed by atoms with van der Waals surface area (Å²) in [6, 6.07) is 36.3. The number of unbranched alkanes of at least 4 members (excludes halogenated alkanes) is 22. The number of aromatic hydroxyl groups is 2. The minimum Gasteiger partial charge on any atom is -0.507 e. The van der Waals surface area contributed by atoms with Gasteiger partial charge in [-0.1, -0.05) is 179 Å². The third-order valence-corrected chi connectivity index (χ3v) is 14.1. The average Bonchev–Trinajstić information content (AvgIpc) is 3.49. The van der Waals surface area contributed by atoms with Gasteiger partial charge in [0, 0.05) is 46.8 Å². The van der Waals surface area contributed by atoms with E-state index in [-0.39, 0.29) is 28.8 Å². The van der Waals surface area contributed by atoms with E-state index in [0.29, 0.717) is 69.5 Å². The molecule has 0 unspecified atom stereocenters.